The summed E-state index contributed by atoms with van der Waals surface area (Å²) >= 11 is 0. The Hall–Kier alpha value is -3.33. The minimum atomic E-state index is -0.351. The maximum atomic E-state index is 12.5. The standard InChI is InChI=1S/C24H33N5O4/c1-4-32-20-7-6-19(15-21(20)33-5-2)24(31)27-17-23(30)26-16-18-8-9-25-22(14-18)29-12-10-28(3)11-13-29/h6-9,14-15H,4-5,10-13,16-17H2,1-3H3,(H,26,30)(H,27,31). The van der Waals surface area contributed by atoms with Crippen molar-refractivity contribution in [3.8, 4) is 11.5 Å². The van der Waals surface area contributed by atoms with Gasteiger partial charge in [-0.3, -0.25) is 9.59 Å². The molecule has 9 heteroatoms. The lowest BCUT2D eigenvalue weighted by Gasteiger charge is -2.33. The molecule has 9 nitrogen and oxygen atoms in total. The maximum absolute atomic E-state index is 12.5. The second-order valence-corrected chi connectivity index (χ2v) is 7.80. The predicted molar refractivity (Wildman–Crippen MR) is 127 cm³/mol. The molecule has 0 radical (unpaired) electrons. The van der Waals surface area contributed by atoms with E-state index in [1.54, 1.807) is 24.4 Å². The van der Waals surface area contributed by atoms with Gasteiger partial charge in [0, 0.05) is 44.5 Å². The van der Waals surface area contributed by atoms with Crippen LogP contribution in [0, 0.1) is 0 Å². The summed E-state index contributed by atoms with van der Waals surface area (Å²) in [5.74, 6) is 1.39. The van der Waals surface area contributed by atoms with E-state index in [1.165, 1.54) is 0 Å². The lowest BCUT2D eigenvalue weighted by Crippen LogP contribution is -2.44. The Balaban J connectivity index is 1.49. The normalized spacial score (nSPS) is 14.0. The molecule has 0 aliphatic carbocycles. The van der Waals surface area contributed by atoms with Crippen LogP contribution in [0.25, 0.3) is 0 Å². The minimum absolute atomic E-state index is 0.119. The molecule has 2 amide bonds. The number of carbonyl (C=O) groups excluding carboxylic acids is 2. The smallest absolute Gasteiger partial charge is 0.251 e. The van der Waals surface area contributed by atoms with Crippen molar-refractivity contribution >= 4 is 17.6 Å². The van der Waals surface area contributed by atoms with Gasteiger partial charge < -0.3 is 29.9 Å². The molecule has 1 saturated heterocycles. The summed E-state index contributed by atoms with van der Waals surface area (Å²) < 4.78 is 11.1. The van der Waals surface area contributed by atoms with Crippen molar-refractivity contribution in [1.29, 1.82) is 0 Å². The van der Waals surface area contributed by atoms with E-state index in [2.05, 4.69) is 32.5 Å². The molecule has 2 N–H and O–H groups in total. The number of ether oxygens (including phenoxy) is 2. The first-order valence-corrected chi connectivity index (χ1v) is 11.3. The van der Waals surface area contributed by atoms with E-state index in [0.717, 1.165) is 37.6 Å². The highest BCUT2D eigenvalue weighted by Crippen LogP contribution is 2.28. The Bertz CT molecular complexity index is 944. The topological polar surface area (TPSA) is 96.0 Å². The van der Waals surface area contributed by atoms with Gasteiger partial charge in [-0.15, -0.1) is 0 Å². The molecule has 1 aromatic carbocycles. The van der Waals surface area contributed by atoms with Gasteiger partial charge in [-0.1, -0.05) is 0 Å². The van der Waals surface area contributed by atoms with Crippen molar-refractivity contribution in [3.63, 3.8) is 0 Å². The van der Waals surface area contributed by atoms with Crippen molar-refractivity contribution in [3.05, 3.63) is 47.7 Å². The summed E-state index contributed by atoms with van der Waals surface area (Å²) in [4.78, 5) is 33.8. The maximum Gasteiger partial charge on any atom is 0.251 e. The highest BCUT2D eigenvalue weighted by Gasteiger charge is 2.16. The monoisotopic (exact) mass is 455 g/mol. The Morgan fingerprint density at radius 1 is 0.970 bits per heavy atom. The van der Waals surface area contributed by atoms with Gasteiger partial charge in [-0.25, -0.2) is 4.98 Å². The van der Waals surface area contributed by atoms with Crippen molar-refractivity contribution in [2.24, 2.45) is 0 Å². The van der Waals surface area contributed by atoms with Gasteiger partial charge in [0.25, 0.3) is 5.91 Å². The van der Waals surface area contributed by atoms with Gasteiger partial charge in [-0.05, 0) is 56.8 Å². The number of carbonyl (C=O) groups is 2. The fourth-order valence-corrected chi connectivity index (χ4v) is 3.50. The zero-order chi connectivity index (χ0) is 23.6. The third kappa shape index (κ3) is 7.08. The summed E-state index contributed by atoms with van der Waals surface area (Å²) in [6, 6.07) is 8.86. The number of rotatable bonds is 10. The van der Waals surface area contributed by atoms with Crippen LogP contribution in [0.15, 0.2) is 36.5 Å². The summed E-state index contributed by atoms with van der Waals surface area (Å²) in [7, 11) is 2.11. The van der Waals surface area contributed by atoms with Gasteiger partial charge in [0.2, 0.25) is 5.91 Å². The number of piperazine rings is 1. The molecule has 1 aromatic heterocycles. The number of anilines is 1. The SMILES string of the molecule is CCOc1ccc(C(=O)NCC(=O)NCc2ccnc(N3CCN(C)CC3)c2)cc1OCC. The summed E-state index contributed by atoms with van der Waals surface area (Å²) in [5.41, 5.74) is 1.37. The van der Waals surface area contributed by atoms with Crippen LogP contribution < -0.4 is 25.0 Å². The molecular weight excluding hydrogens is 422 g/mol. The number of hydrogen-bond donors (Lipinski definition) is 2. The highest BCUT2D eigenvalue weighted by molar-refractivity contribution is 5.97. The third-order valence-electron chi connectivity index (χ3n) is 5.34. The van der Waals surface area contributed by atoms with E-state index in [0.29, 0.717) is 36.8 Å². The zero-order valence-electron chi connectivity index (χ0n) is 19.6. The number of likely N-dealkylation sites (N-methyl/N-ethyl adjacent to an activating group) is 1. The number of aromatic nitrogens is 1. The van der Waals surface area contributed by atoms with Crippen LogP contribution in [0.1, 0.15) is 29.8 Å². The lowest BCUT2D eigenvalue weighted by molar-refractivity contribution is -0.120. The molecule has 33 heavy (non-hydrogen) atoms. The molecule has 1 fully saturated rings. The van der Waals surface area contributed by atoms with Gasteiger partial charge in [0.15, 0.2) is 11.5 Å². The molecular formula is C24H33N5O4. The molecule has 0 unspecified atom stereocenters. The summed E-state index contributed by atoms with van der Waals surface area (Å²) in [6.07, 6.45) is 1.76. The Labute approximate surface area is 195 Å². The third-order valence-corrected chi connectivity index (χ3v) is 5.34. The van der Waals surface area contributed by atoms with E-state index >= 15 is 0 Å². The van der Waals surface area contributed by atoms with Crippen LogP contribution in [-0.2, 0) is 11.3 Å². The predicted octanol–water partition coefficient (Wildman–Crippen LogP) is 1.68. The fraction of sp³-hybridized carbons (Fsp3) is 0.458. The molecule has 0 saturated carbocycles. The fourth-order valence-electron chi connectivity index (χ4n) is 3.50. The van der Waals surface area contributed by atoms with Crippen molar-refractivity contribution in [2.75, 3.05) is 57.9 Å². The molecule has 2 aromatic rings. The van der Waals surface area contributed by atoms with Crippen molar-refractivity contribution < 1.29 is 19.1 Å². The van der Waals surface area contributed by atoms with Gasteiger partial charge in [0.1, 0.15) is 5.82 Å². The van der Waals surface area contributed by atoms with Crippen molar-refractivity contribution in [1.82, 2.24) is 20.5 Å². The van der Waals surface area contributed by atoms with E-state index < -0.39 is 0 Å². The number of amides is 2. The average molecular weight is 456 g/mol. The second-order valence-electron chi connectivity index (χ2n) is 7.80. The minimum Gasteiger partial charge on any atom is -0.490 e. The zero-order valence-corrected chi connectivity index (χ0v) is 19.6. The average Bonchev–Trinajstić information content (AvgIpc) is 2.83. The van der Waals surface area contributed by atoms with E-state index in [-0.39, 0.29) is 18.4 Å². The van der Waals surface area contributed by atoms with E-state index in [9.17, 15) is 9.59 Å². The number of nitrogens with one attached hydrogen (secondary N) is 2. The molecule has 0 atom stereocenters. The molecule has 178 valence electrons. The number of benzene rings is 1. The van der Waals surface area contributed by atoms with Crippen LogP contribution in [0.5, 0.6) is 11.5 Å². The van der Waals surface area contributed by atoms with Crippen LogP contribution in [-0.4, -0.2) is 74.7 Å². The molecule has 1 aliphatic heterocycles. The molecule has 0 bridgehead atoms. The van der Waals surface area contributed by atoms with Crippen LogP contribution in [0.2, 0.25) is 0 Å². The lowest BCUT2D eigenvalue weighted by atomic mass is 10.2. The largest absolute Gasteiger partial charge is 0.490 e. The van der Waals surface area contributed by atoms with E-state index in [4.69, 9.17) is 9.47 Å². The first-order valence-electron chi connectivity index (χ1n) is 11.3. The second kappa shape index (κ2) is 12.1. The van der Waals surface area contributed by atoms with Crippen molar-refractivity contribution in [2.45, 2.75) is 20.4 Å². The van der Waals surface area contributed by atoms with Crippen LogP contribution in [0.4, 0.5) is 5.82 Å². The molecule has 3 rings (SSSR count). The first kappa shape index (κ1) is 24.3. The Kier molecular flexibility index (Phi) is 8.88. The quantitative estimate of drug-likeness (QED) is 0.563. The van der Waals surface area contributed by atoms with Crippen LogP contribution >= 0.6 is 0 Å². The Morgan fingerprint density at radius 2 is 1.70 bits per heavy atom. The van der Waals surface area contributed by atoms with Gasteiger partial charge in [-0.2, -0.15) is 0 Å². The highest BCUT2D eigenvalue weighted by atomic mass is 16.5. The van der Waals surface area contributed by atoms with Gasteiger partial charge >= 0.3 is 0 Å². The number of hydrogen-bond acceptors (Lipinski definition) is 7. The first-order chi connectivity index (χ1) is 16.0. The van der Waals surface area contributed by atoms with E-state index in [1.807, 2.05) is 26.0 Å². The molecule has 0 spiro atoms. The Morgan fingerprint density at radius 3 is 2.42 bits per heavy atom. The van der Waals surface area contributed by atoms with Crippen LogP contribution in [0.3, 0.4) is 0 Å². The van der Waals surface area contributed by atoms with Gasteiger partial charge in [0.05, 0.1) is 19.8 Å². The summed E-state index contributed by atoms with van der Waals surface area (Å²) in [6.45, 7) is 8.83. The number of nitrogens with zero attached hydrogens (tertiary/aromatic N) is 3. The molecule has 2 heterocycles. The summed E-state index contributed by atoms with van der Waals surface area (Å²) in [5, 5.41) is 5.50. The molecule has 1 aliphatic rings. The number of pyridine rings is 1.